The molecule has 0 radical (unpaired) electrons. The lowest BCUT2D eigenvalue weighted by Crippen LogP contribution is -2.24. The fourth-order valence-electron chi connectivity index (χ4n) is 3.29. The Kier molecular flexibility index (Phi) is 2.11. The van der Waals surface area contributed by atoms with Crippen molar-refractivity contribution in [1.82, 2.24) is 0 Å². The monoisotopic (exact) mass is 246 g/mol. The summed E-state index contributed by atoms with van der Waals surface area (Å²) in [5, 5.41) is 10.2. The number of Topliss-reactive ketones (excluding diaryl/α,β-unsaturated/α-hetero) is 1. The first-order chi connectivity index (χ1) is 8.34. The van der Waals surface area contributed by atoms with Crippen LogP contribution in [0, 0.1) is 5.92 Å². The van der Waals surface area contributed by atoms with Crippen molar-refractivity contribution in [3.8, 4) is 0 Å². The maximum Gasteiger partial charge on any atom is 0.227 e. The Balaban J connectivity index is 2.34. The van der Waals surface area contributed by atoms with Crippen LogP contribution in [-0.2, 0) is 9.53 Å². The first kappa shape index (κ1) is 11.6. The van der Waals surface area contributed by atoms with Crippen LogP contribution in [0.15, 0.2) is 33.8 Å². The molecule has 0 aromatic carbocycles. The molecular weight excluding hydrogens is 228 g/mol. The van der Waals surface area contributed by atoms with E-state index in [4.69, 9.17) is 4.74 Å². The molecule has 18 heavy (non-hydrogen) atoms. The molecule has 0 saturated heterocycles. The predicted molar refractivity (Wildman–Crippen MR) is 67.9 cm³/mol. The number of ether oxygens (including phenoxy) is 1. The second-order valence-corrected chi connectivity index (χ2v) is 5.95. The van der Waals surface area contributed by atoms with E-state index in [-0.39, 0.29) is 23.1 Å². The van der Waals surface area contributed by atoms with E-state index in [1.807, 2.05) is 13.8 Å². The molecule has 0 bridgehead atoms. The summed E-state index contributed by atoms with van der Waals surface area (Å²) in [6, 6.07) is 0. The lowest BCUT2D eigenvalue weighted by molar-refractivity contribution is -0.115. The minimum absolute atomic E-state index is 0.0720. The van der Waals surface area contributed by atoms with Gasteiger partial charge in [0.15, 0.2) is 5.76 Å². The van der Waals surface area contributed by atoms with E-state index in [9.17, 15) is 9.90 Å². The Labute approximate surface area is 107 Å². The zero-order valence-corrected chi connectivity index (χ0v) is 11.3. The van der Waals surface area contributed by atoms with E-state index < -0.39 is 0 Å². The lowest BCUT2D eigenvalue weighted by atomic mass is 9.73. The maximum absolute atomic E-state index is 12.1. The van der Waals surface area contributed by atoms with Crippen LogP contribution in [0.3, 0.4) is 0 Å². The standard InChI is InChI=1S/C15H18O3/c1-7-5-6-9-11-10(7)13(17)12(16)8(2)14(11)18-15(9,3)4/h7,17H,5-6H2,1-4H3/t7-/m0/s1. The molecule has 1 N–H and O–H groups in total. The van der Waals surface area contributed by atoms with Gasteiger partial charge in [-0.1, -0.05) is 6.92 Å². The molecule has 3 heteroatoms. The van der Waals surface area contributed by atoms with Crippen LogP contribution in [0.2, 0.25) is 0 Å². The molecule has 0 amide bonds. The highest BCUT2D eigenvalue weighted by Crippen LogP contribution is 2.52. The third kappa shape index (κ3) is 1.22. The Bertz CT molecular complexity index is 558. The molecule has 2 aliphatic carbocycles. The van der Waals surface area contributed by atoms with Gasteiger partial charge in [-0.05, 0) is 45.1 Å². The van der Waals surface area contributed by atoms with Crippen LogP contribution < -0.4 is 0 Å². The minimum atomic E-state index is -0.359. The average molecular weight is 246 g/mol. The van der Waals surface area contributed by atoms with Crippen molar-refractivity contribution in [1.29, 1.82) is 0 Å². The highest BCUT2D eigenvalue weighted by atomic mass is 16.5. The van der Waals surface area contributed by atoms with Crippen LogP contribution in [0.1, 0.15) is 40.5 Å². The summed E-state index contributed by atoms with van der Waals surface area (Å²) in [6.07, 6.45) is 1.94. The van der Waals surface area contributed by atoms with Crippen LogP contribution >= 0.6 is 0 Å². The summed E-state index contributed by atoms with van der Waals surface area (Å²) in [7, 11) is 0. The van der Waals surface area contributed by atoms with Crippen LogP contribution in [0.25, 0.3) is 0 Å². The number of rotatable bonds is 0. The molecule has 1 atom stereocenters. The van der Waals surface area contributed by atoms with Gasteiger partial charge in [-0.15, -0.1) is 0 Å². The smallest absolute Gasteiger partial charge is 0.227 e. The molecule has 1 heterocycles. The van der Waals surface area contributed by atoms with Crippen molar-refractivity contribution < 1.29 is 14.6 Å². The molecule has 0 aromatic heterocycles. The number of aliphatic hydroxyl groups excluding tert-OH is 1. The van der Waals surface area contributed by atoms with Crippen LogP contribution in [0.4, 0.5) is 0 Å². The van der Waals surface area contributed by atoms with Gasteiger partial charge in [0.05, 0.1) is 0 Å². The number of carbonyl (C=O) groups is 1. The van der Waals surface area contributed by atoms with E-state index in [1.165, 1.54) is 5.57 Å². The Morgan fingerprint density at radius 1 is 1.39 bits per heavy atom. The van der Waals surface area contributed by atoms with Gasteiger partial charge in [0.1, 0.15) is 11.4 Å². The number of hydrogen-bond acceptors (Lipinski definition) is 3. The number of aliphatic hydroxyl groups is 1. The van der Waals surface area contributed by atoms with Gasteiger partial charge in [0, 0.05) is 16.7 Å². The van der Waals surface area contributed by atoms with E-state index in [0.717, 1.165) is 24.0 Å². The summed E-state index contributed by atoms with van der Waals surface area (Å²) >= 11 is 0. The molecule has 1 aliphatic heterocycles. The average Bonchev–Trinajstić information content (AvgIpc) is 2.57. The van der Waals surface area contributed by atoms with E-state index in [1.54, 1.807) is 6.92 Å². The molecule has 0 spiro atoms. The van der Waals surface area contributed by atoms with Crippen molar-refractivity contribution in [3.63, 3.8) is 0 Å². The minimum Gasteiger partial charge on any atom is -0.504 e. The summed E-state index contributed by atoms with van der Waals surface area (Å²) < 4.78 is 5.99. The van der Waals surface area contributed by atoms with E-state index in [0.29, 0.717) is 11.3 Å². The van der Waals surface area contributed by atoms with Crippen molar-refractivity contribution in [2.75, 3.05) is 0 Å². The van der Waals surface area contributed by atoms with Crippen molar-refractivity contribution >= 4 is 5.78 Å². The molecular formula is C15H18O3. The highest BCUT2D eigenvalue weighted by Gasteiger charge is 2.47. The Hall–Kier alpha value is -1.51. The van der Waals surface area contributed by atoms with Crippen molar-refractivity contribution in [2.24, 2.45) is 5.92 Å². The SMILES string of the molecule is CC1=C2OC(C)(C)C3=C2C(=C(O)C1=O)[C@@H](C)CC3. The lowest BCUT2D eigenvalue weighted by Gasteiger charge is -2.28. The zero-order valence-electron chi connectivity index (χ0n) is 11.3. The van der Waals surface area contributed by atoms with E-state index in [2.05, 4.69) is 6.92 Å². The quantitative estimate of drug-likeness (QED) is 0.714. The largest absolute Gasteiger partial charge is 0.504 e. The maximum atomic E-state index is 12.1. The van der Waals surface area contributed by atoms with Gasteiger partial charge in [-0.3, -0.25) is 4.79 Å². The summed E-state index contributed by atoms with van der Waals surface area (Å²) in [5.74, 6) is 0.555. The summed E-state index contributed by atoms with van der Waals surface area (Å²) in [6.45, 7) is 7.86. The molecule has 3 aliphatic rings. The molecule has 0 aromatic rings. The number of carbonyl (C=O) groups excluding carboxylic acids is 1. The number of allylic oxidation sites excluding steroid dienone is 2. The summed E-state index contributed by atoms with van der Waals surface area (Å²) in [4.78, 5) is 12.1. The molecule has 0 unspecified atom stereocenters. The fourth-order valence-corrected chi connectivity index (χ4v) is 3.29. The number of ketones is 1. The number of hydrogen-bond donors (Lipinski definition) is 1. The predicted octanol–water partition coefficient (Wildman–Crippen LogP) is 3.19. The second kappa shape index (κ2) is 3.28. The van der Waals surface area contributed by atoms with Crippen molar-refractivity contribution in [3.05, 3.63) is 33.8 Å². The van der Waals surface area contributed by atoms with Gasteiger partial charge in [-0.2, -0.15) is 0 Å². The third-order valence-corrected chi connectivity index (χ3v) is 4.35. The van der Waals surface area contributed by atoms with E-state index >= 15 is 0 Å². The van der Waals surface area contributed by atoms with Gasteiger partial charge >= 0.3 is 0 Å². The third-order valence-electron chi connectivity index (χ3n) is 4.35. The normalized spacial score (nSPS) is 29.8. The molecule has 3 rings (SSSR count). The topological polar surface area (TPSA) is 46.5 Å². The first-order valence-electron chi connectivity index (χ1n) is 6.46. The molecule has 0 saturated carbocycles. The molecule has 0 fully saturated rings. The summed E-state index contributed by atoms with van der Waals surface area (Å²) in [5.41, 5.74) is 3.20. The van der Waals surface area contributed by atoms with Crippen molar-refractivity contribution in [2.45, 2.75) is 46.1 Å². The Morgan fingerprint density at radius 2 is 2.06 bits per heavy atom. The molecule has 3 nitrogen and oxygen atoms in total. The van der Waals surface area contributed by atoms with Gasteiger partial charge in [0.25, 0.3) is 0 Å². The zero-order chi connectivity index (χ0) is 13.2. The molecule has 96 valence electrons. The van der Waals surface area contributed by atoms with Crippen LogP contribution in [0.5, 0.6) is 0 Å². The highest BCUT2D eigenvalue weighted by molar-refractivity contribution is 6.10. The second-order valence-electron chi connectivity index (χ2n) is 5.95. The van der Waals surface area contributed by atoms with Crippen LogP contribution in [-0.4, -0.2) is 16.5 Å². The van der Waals surface area contributed by atoms with Gasteiger partial charge in [-0.25, -0.2) is 0 Å². The van der Waals surface area contributed by atoms with Gasteiger partial charge in [0.2, 0.25) is 5.78 Å². The Morgan fingerprint density at radius 3 is 2.72 bits per heavy atom. The van der Waals surface area contributed by atoms with Gasteiger partial charge < -0.3 is 9.84 Å². The fraction of sp³-hybridized carbons (Fsp3) is 0.533. The first-order valence-corrected chi connectivity index (χ1v) is 6.46.